The molecule has 0 radical (unpaired) electrons. The minimum absolute atomic E-state index is 0.180. The van der Waals surface area contributed by atoms with Gasteiger partial charge in [0.05, 0.1) is 34.4 Å². The first kappa shape index (κ1) is 86.4. The van der Waals surface area contributed by atoms with Gasteiger partial charge in [0.1, 0.15) is 13.2 Å². The second kappa shape index (κ2) is 71.3. The van der Waals surface area contributed by atoms with E-state index in [-0.39, 0.29) is 32.2 Å². The molecule has 2 unspecified atom stereocenters. The summed E-state index contributed by atoms with van der Waals surface area (Å²) < 4.78 is 23.0. The summed E-state index contributed by atoms with van der Waals surface area (Å²) in [5.41, 5.74) is 0. The number of carbonyl (C=O) groups is 3. The number of likely N-dealkylation sites (N-methyl/N-ethyl adjacent to an activating group) is 1. The lowest BCUT2D eigenvalue weighted by Gasteiger charge is -2.25. The number of esters is 2. The van der Waals surface area contributed by atoms with Crippen LogP contribution in [0.15, 0.2) is 134 Å². The van der Waals surface area contributed by atoms with Crippen molar-refractivity contribution < 1.29 is 42.9 Å². The molecule has 0 heterocycles. The third kappa shape index (κ3) is 72.7. The molecule has 0 amide bonds. The Morgan fingerprint density at radius 2 is 0.626 bits per heavy atom. The Balaban J connectivity index is 4.14. The first-order chi connectivity index (χ1) is 44.6. The fourth-order valence-electron chi connectivity index (χ4n) is 10.2. The van der Waals surface area contributed by atoms with E-state index in [0.717, 1.165) is 109 Å². The van der Waals surface area contributed by atoms with Crippen LogP contribution < -0.4 is 0 Å². The normalized spacial score (nSPS) is 13.5. The minimum Gasteiger partial charge on any atom is -0.477 e. The van der Waals surface area contributed by atoms with Crippen molar-refractivity contribution in [2.75, 3.05) is 47.5 Å². The van der Waals surface area contributed by atoms with Crippen molar-refractivity contribution in [2.24, 2.45) is 0 Å². The highest BCUT2D eigenvalue weighted by Crippen LogP contribution is 2.17. The van der Waals surface area contributed by atoms with Crippen LogP contribution in [0.5, 0.6) is 0 Å². The predicted molar refractivity (Wildman–Crippen MR) is 391 cm³/mol. The highest BCUT2D eigenvalue weighted by molar-refractivity contribution is 5.71. The molecule has 0 aliphatic heterocycles. The second-order valence-electron chi connectivity index (χ2n) is 25.9. The van der Waals surface area contributed by atoms with Gasteiger partial charge in [-0.05, 0) is 116 Å². The largest absolute Gasteiger partial charge is 0.477 e. The molecule has 0 aliphatic carbocycles. The zero-order valence-corrected chi connectivity index (χ0v) is 59.5. The number of unbranched alkanes of at least 4 members (excludes halogenated alkanes) is 31. The summed E-state index contributed by atoms with van der Waals surface area (Å²) in [5, 5.41) is 9.76. The summed E-state index contributed by atoms with van der Waals surface area (Å²) in [5.74, 6) is -2.02. The van der Waals surface area contributed by atoms with E-state index in [1.165, 1.54) is 167 Å². The quantitative estimate of drug-likeness (QED) is 0.0211. The number of aliphatic carboxylic acids is 1. The van der Waals surface area contributed by atoms with Crippen LogP contribution in [0.25, 0.3) is 0 Å². The molecule has 0 saturated carbocycles. The molecule has 0 aromatic carbocycles. The van der Waals surface area contributed by atoms with Crippen LogP contribution in [0, 0.1) is 0 Å². The smallest absolute Gasteiger partial charge is 0.361 e. The standard InChI is InChI=1S/C82H139NO8/c1-6-8-10-12-14-16-18-20-22-24-26-28-30-32-34-36-38-39-40-41-43-45-47-49-51-53-55-57-59-61-63-65-67-69-71-73-80(85)91-78(77-90-82(81(86)87)88-75-74-83(3,4)5)76-89-79(84)72-70-68-66-64-62-60-58-56-54-52-50-48-46-44-42-37-35-33-31-29-27-25-23-21-19-17-15-13-11-9-7-2/h8,10,14,16,19-22,25-28,32,34,38-39,41,43,47,49,53,55,78,82H,6-7,9,11-13,15,17-18,23-24,29-31,33,35-37,40,42,44-46,48,50-52,54,56-77H2,1-5H3/p+1/b10-8-,16-14-,21-19-,22-20-,27-25-,28-26-,34-32-,39-38-,43-41-,49-47-,55-53-. The van der Waals surface area contributed by atoms with E-state index in [0.29, 0.717) is 23.9 Å². The lowest BCUT2D eigenvalue weighted by molar-refractivity contribution is -0.870. The number of quaternary nitrogens is 1. The molecule has 0 aromatic heterocycles. The van der Waals surface area contributed by atoms with Gasteiger partial charge in [-0.25, -0.2) is 4.79 Å². The number of allylic oxidation sites excluding steroid dienone is 22. The molecule has 0 spiro atoms. The maximum absolute atomic E-state index is 13.0. The second-order valence-corrected chi connectivity index (χ2v) is 25.9. The molecule has 0 aromatic rings. The van der Waals surface area contributed by atoms with Gasteiger partial charge in [0, 0.05) is 12.8 Å². The third-order valence-electron chi connectivity index (χ3n) is 15.9. The number of ether oxygens (including phenoxy) is 4. The van der Waals surface area contributed by atoms with Gasteiger partial charge in [0.2, 0.25) is 0 Å². The zero-order chi connectivity index (χ0) is 66.1. The van der Waals surface area contributed by atoms with Crippen molar-refractivity contribution in [3.05, 3.63) is 134 Å². The average molecular weight is 1270 g/mol. The molecule has 0 saturated heterocycles. The summed E-state index contributed by atoms with van der Waals surface area (Å²) in [6.07, 6.45) is 100. The fraction of sp³-hybridized carbons (Fsp3) is 0.695. The maximum atomic E-state index is 13.0. The van der Waals surface area contributed by atoms with E-state index in [2.05, 4.69) is 148 Å². The average Bonchev–Trinajstić information content (AvgIpc) is 3.46. The van der Waals surface area contributed by atoms with Crippen molar-refractivity contribution >= 4 is 17.9 Å². The highest BCUT2D eigenvalue weighted by atomic mass is 16.7. The van der Waals surface area contributed by atoms with Crippen LogP contribution in [0.4, 0.5) is 0 Å². The molecule has 0 bridgehead atoms. The number of nitrogens with zero attached hydrogens (tertiary/aromatic N) is 1. The van der Waals surface area contributed by atoms with Gasteiger partial charge < -0.3 is 28.5 Å². The van der Waals surface area contributed by atoms with Crippen molar-refractivity contribution in [1.29, 1.82) is 0 Å². The number of hydrogen-bond donors (Lipinski definition) is 1. The van der Waals surface area contributed by atoms with Crippen molar-refractivity contribution in [1.82, 2.24) is 0 Å². The number of rotatable bonds is 68. The van der Waals surface area contributed by atoms with Crippen LogP contribution >= 0.6 is 0 Å². The molecule has 0 rings (SSSR count). The van der Waals surface area contributed by atoms with Gasteiger partial charge >= 0.3 is 17.9 Å². The lowest BCUT2D eigenvalue weighted by Crippen LogP contribution is -2.40. The van der Waals surface area contributed by atoms with E-state index < -0.39 is 24.3 Å². The molecule has 91 heavy (non-hydrogen) atoms. The fourth-order valence-corrected chi connectivity index (χ4v) is 10.2. The molecule has 9 heteroatoms. The van der Waals surface area contributed by atoms with Gasteiger partial charge in [0.15, 0.2) is 6.10 Å². The number of carboxylic acids is 1. The van der Waals surface area contributed by atoms with E-state index in [1.54, 1.807) is 0 Å². The summed E-state index contributed by atoms with van der Waals surface area (Å²) in [6, 6.07) is 0. The Morgan fingerprint density at radius 3 is 0.934 bits per heavy atom. The Kier molecular flexibility index (Phi) is 67.7. The Morgan fingerprint density at radius 1 is 0.341 bits per heavy atom. The number of hydrogen-bond acceptors (Lipinski definition) is 7. The molecule has 0 fully saturated rings. The summed E-state index contributed by atoms with van der Waals surface area (Å²) in [6.45, 7) is 4.76. The monoisotopic (exact) mass is 1270 g/mol. The Labute approximate surface area is 560 Å². The van der Waals surface area contributed by atoms with Gasteiger partial charge in [-0.15, -0.1) is 0 Å². The van der Waals surface area contributed by atoms with Crippen molar-refractivity contribution in [3.63, 3.8) is 0 Å². The SMILES string of the molecule is CC/C=C\C/C=C\C/C=C\C/C=C\C/C=C\C/C=C\C/C=C\C/C=C\C/C=C\CCCCCCCCCC(=O)OC(COC(=O)CCCCCCCCCCCCCCCCCCCCC/C=C\C/C=C\CCCCCCC)COC(OCC[N+](C)(C)C)C(=O)O. The van der Waals surface area contributed by atoms with E-state index in [9.17, 15) is 19.5 Å². The first-order valence-electron chi connectivity index (χ1n) is 37.3. The van der Waals surface area contributed by atoms with Crippen LogP contribution in [-0.4, -0.2) is 87.4 Å². The summed E-state index contributed by atoms with van der Waals surface area (Å²) in [4.78, 5) is 37.7. The molecule has 2 atom stereocenters. The highest BCUT2D eigenvalue weighted by Gasteiger charge is 2.25. The van der Waals surface area contributed by atoms with Crippen LogP contribution in [0.2, 0.25) is 0 Å². The first-order valence-corrected chi connectivity index (χ1v) is 37.3. The zero-order valence-electron chi connectivity index (χ0n) is 59.5. The van der Waals surface area contributed by atoms with Gasteiger partial charge in [-0.1, -0.05) is 314 Å². The number of carbonyl (C=O) groups excluding carboxylic acids is 2. The Bertz CT molecular complexity index is 1960. The van der Waals surface area contributed by atoms with Gasteiger partial charge in [-0.3, -0.25) is 9.59 Å². The van der Waals surface area contributed by atoms with Crippen LogP contribution in [-0.2, 0) is 33.3 Å². The van der Waals surface area contributed by atoms with E-state index in [1.807, 2.05) is 21.1 Å². The predicted octanol–water partition coefficient (Wildman–Crippen LogP) is 23.7. The van der Waals surface area contributed by atoms with Gasteiger partial charge in [-0.2, -0.15) is 0 Å². The minimum atomic E-state index is -1.52. The molecule has 1 N–H and O–H groups in total. The molecular formula is C82H140NO8+. The van der Waals surface area contributed by atoms with Gasteiger partial charge in [0.25, 0.3) is 6.29 Å². The van der Waals surface area contributed by atoms with Crippen LogP contribution in [0.1, 0.15) is 309 Å². The molecule has 520 valence electrons. The lowest BCUT2D eigenvalue weighted by atomic mass is 10.0. The molecule has 9 nitrogen and oxygen atoms in total. The topological polar surface area (TPSA) is 108 Å². The molecule has 0 aliphatic rings. The van der Waals surface area contributed by atoms with Crippen molar-refractivity contribution in [3.8, 4) is 0 Å². The Hall–Kier alpha value is -4.57. The van der Waals surface area contributed by atoms with Crippen molar-refractivity contribution in [2.45, 2.75) is 322 Å². The van der Waals surface area contributed by atoms with E-state index >= 15 is 0 Å². The third-order valence-corrected chi connectivity index (χ3v) is 15.9. The maximum Gasteiger partial charge on any atom is 0.361 e. The van der Waals surface area contributed by atoms with Crippen LogP contribution in [0.3, 0.4) is 0 Å². The summed E-state index contributed by atoms with van der Waals surface area (Å²) in [7, 11) is 5.97. The number of carboxylic acid groups (broad SMARTS) is 1. The van der Waals surface area contributed by atoms with E-state index in [4.69, 9.17) is 18.9 Å². The molecular weight excluding hydrogens is 1130 g/mol. The summed E-state index contributed by atoms with van der Waals surface area (Å²) >= 11 is 0.